The van der Waals surface area contributed by atoms with Crippen LogP contribution < -0.4 is 4.74 Å². The van der Waals surface area contributed by atoms with Crippen LogP contribution in [-0.4, -0.2) is 20.0 Å². The molecule has 1 aliphatic rings. The molecule has 0 aliphatic carbocycles. The molecule has 0 saturated carbocycles. The summed E-state index contributed by atoms with van der Waals surface area (Å²) in [6.07, 6.45) is 4.87. The van der Waals surface area contributed by atoms with Crippen molar-refractivity contribution in [3.63, 3.8) is 0 Å². The summed E-state index contributed by atoms with van der Waals surface area (Å²) in [5.74, 6) is 0.552. The zero-order chi connectivity index (χ0) is 14.2. The van der Waals surface area contributed by atoms with E-state index < -0.39 is 9.84 Å². The number of aromatic nitrogens is 1. The Labute approximate surface area is 117 Å². The number of benzene rings is 1. The van der Waals surface area contributed by atoms with E-state index in [1.165, 1.54) is 0 Å². The van der Waals surface area contributed by atoms with Gasteiger partial charge in [-0.05, 0) is 36.3 Å². The highest BCUT2D eigenvalue weighted by Gasteiger charge is 2.31. The lowest BCUT2D eigenvalue weighted by atomic mass is 10.1. The van der Waals surface area contributed by atoms with Gasteiger partial charge >= 0.3 is 0 Å². The largest absolute Gasteiger partial charge is 0.487 e. The van der Waals surface area contributed by atoms with Gasteiger partial charge < -0.3 is 4.74 Å². The Morgan fingerprint density at radius 1 is 1.20 bits per heavy atom. The van der Waals surface area contributed by atoms with E-state index in [4.69, 9.17) is 4.74 Å². The predicted molar refractivity (Wildman–Crippen MR) is 76.1 cm³/mol. The molecule has 3 rings (SSSR count). The molecular weight excluding hydrogens is 274 g/mol. The molecule has 4 nitrogen and oxygen atoms in total. The van der Waals surface area contributed by atoms with E-state index in [0.717, 1.165) is 11.1 Å². The van der Waals surface area contributed by atoms with Gasteiger partial charge in [0, 0.05) is 6.20 Å². The first-order chi connectivity index (χ1) is 9.59. The molecule has 0 amide bonds. The van der Waals surface area contributed by atoms with Gasteiger partial charge in [-0.3, -0.25) is 4.98 Å². The fraction of sp³-hybridized carbons (Fsp3) is 0.133. The second-order valence-electron chi connectivity index (χ2n) is 4.58. The molecule has 0 fully saturated rings. The Morgan fingerprint density at radius 3 is 2.75 bits per heavy atom. The van der Waals surface area contributed by atoms with Crippen molar-refractivity contribution in [2.75, 3.05) is 6.61 Å². The second kappa shape index (κ2) is 4.76. The first-order valence-corrected chi connectivity index (χ1v) is 7.65. The van der Waals surface area contributed by atoms with Crippen molar-refractivity contribution < 1.29 is 13.2 Å². The standard InChI is InChI=1S/C15H13NO3S/c1-11-4-2-5-12-8-14(20(17,18)15(11)12)10-19-13-6-3-7-16-9-13/h2-9H,10H2,1H3. The molecule has 0 radical (unpaired) electrons. The quantitative estimate of drug-likeness (QED) is 0.870. The summed E-state index contributed by atoms with van der Waals surface area (Å²) < 4.78 is 30.4. The Morgan fingerprint density at radius 2 is 2.05 bits per heavy atom. The number of hydrogen-bond acceptors (Lipinski definition) is 4. The third kappa shape index (κ3) is 2.10. The van der Waals surface area contributed by atoms with Crippen LogP contribution in [0.15, 0.2) is 52.5 Å². The molecule has 1 aromatic carbocycles. The van der Waals surface area contributed by atoms with E-state index in [2.05, 4.69) is 4.98 Å². The average Bonchev–Trinajstić information content (AvgIpc) is 2.70. The molecule has 0 spiro atoms. The van der Waals surface area contributed by atoms with E-state index in [1.54, 1.807) is 49.7 Å². The minimum absolute atomic E-state index is 0.0160. The van der Waals surface area contributed by atoms with Crippen molar-refractivity contribution >= 4 is 15.9 Å². The molecule has 2 heterocycles. The first kappa shape index (κ1) is 12.9. The highest BCUT2D eigenvalue weighted by molar-refractivity contribution is 7.96. The van der Waals surface area contributed by atoms with E-state index in [1.807, 2.05) is 6.07 Å². The van der Waals surface area contributed by atoms with Gasteiger partial charge in [-0.2, -0.15) is 0 Å². The molecule has 5 heteroatoms. The summed E-state index contributed by atoms with van der Waals surface area (Å²) >= 11 is 0. The molecule has 0 saturated heterocycles. The van der Waals surface area contributed by atoms with E-state index in [0.29, 0.717) is 10.6 Å². The fourth-order valence-electron chi connectivity index (χ4n) is 2.24. The van der Waals surface area contributed by atoms with Gasteiger partial charge in [0.25, 0.3) is 0 Å². The van der Waals surface area contributed by atoms with E-state index >= 15 is 0 Å². The van der Waals surface area contributed by atoms with Crippen LogP contribution in [0.4, 0.5) is 0 Å². The van der Waals surface area contributed by atoms with Crippen molar-refractivity contribution in [1.82, 2.24) is 4.98 Å². The zero-order valence-corrected chi connectivity index (χ0v) is 11.7. The number of hydrogen-bond donors (Lipinski definition) is 0. The fourth-order valence-corrected chi connectivity index (χ4v) is 3.93. The SMILES string of the molecule is Cc1cccc2c1S(=O)(=O)C(COc1cccnc1)=C2. The molecule has 1 aliphatic heterocycles. The second-order valence-corrected chi connectivity index (χ2v) is 6.52. The molecule has 0 atom stereocenters. The number of ether oxygens (including phenoxy) is 1. The van der Waals surface area contributed by atoms with Gasteiger partial charge in [-0.15, -0.1) is 0 Å². The van der Waals surface area contributed by atoms with Crippen molar-refractivity contribution in [2.24, 2.45) is 0 Å². The summed E-state index contributed by atoms with van der Waals surface area (Å²) in [4.78, 5) is 4.60. The lowest BCUT2D eigenvalue weighted by molar-refractivity contribution is 0.357. The van der Waals surface area contributed by atoms with Gasteiger partial charge in [0.05, 0.1) is 16.0 Å². The van der Waals surface area contributed by atoms with Crippen molar-refractivity contribution in [2.45, 2.75) is 11.8 Å². The number of pyridine rings is 1. The third-order valence-electron chi connectivity index (χ3n) is 3.19. The molecule has 2 aromatic rings. The first-order valence-electron chi connectivity index (χ1n) is 6.17. The minimum atomic E-state index is -3.43. The van der Waals surface area contributed by atoms with Gasteiger partial charge in [0.15, 0.2) is 0 Å². The molecule has 0 unspecified atom stereocenters. The average molecular weight is 287 g/mol. The van der Waals surface area contributed by atoms with Gasteiger partial charge in [-0.1, -0.05) is 18.2 Å². The molecular formula is C15H13NO3S. The number of rotatable bonds is 3. The lowest BCUT2D eigenvalue weighted by Crippen LogP contribution is -2.10. The minimum Gasteiger partial charge on any atom is -0.487 e. The molecule has 102 valence electrons. The van der Waals surface area contributed by atoms with E-state index in [9.17, 15) is 8.42 Å². The Balaban J connectivity index is 1.89. The monoisotopic (exact) mass is 287 g/mol. The van der Waals surface area contributed by atoms with Crippen LogP contribution in [-0.2, 0) is 9.84 Å². The van der Waals surface area contributed by atoms with Gasteiger partial charge in [-0.25, -0.2) is 8.42 Å². The topological polar surface area (TPSA) is 56.3 Å². The molecule has 0 N–H and O–H groups in total. The summed E-state index contributed by atoms with van der Waals surface area (Å²) in [6, 6.07) is 8.94. The Kier molecular flexibility index (Phi) is 3.06. The smallest absolute Gasteiger partial charge is 0.207 e. The van der Waals surface area contributed by atoms with Crippen LogP contribution in [0.5, 0.6) is 5.75 Å². The van der Waals surface area contributed by atoms with Crippen LogP contribution in [0.1, 0.15) is 11.1 Å². The van der Waals surface area contributed by atoms with Crippen LogP contribution in [0.3, 0.4) is 0 Å². The number of nitrogens with zero attached hydrogens (tertiary/aromatic N) is 1. The van der Waals surface area contributed by atoms with E-state index in [-0.39, 0.29) is 11.5 Å². The summed E-state index contributed by atoms with van der Waals surface area (Å²) in [6.45, 7) is 1.82. The van der Waals surface area contributed by atoms with Crippen molar-refractivity contribution in [3.8, 4) is 5.75 Å². The highest BCUT2D eigenvalue weighted by atomic mass is 32.2. The summed E-state index contributed by atoms with van der Waals surface area (Å²) in [5, 5.41) is 0. The summed E-state index contributed by atoms with van der Waals surface area (Å²) in [7, 11) is -3.43. The Hall–Kier alpha value is -2.14. The molecule has 0 bridgehead atoms. The normalized spacial score (nSPS) is 15.6. The van der Waals surface area contributed by atoms with Crippen LogP contribution in [0, 0.1) is 6.92 Å². The van der Waals surface area contributed by atoms with Gasteiger partial charge in [0.2, 0.25) is 9.84 Å². The molecule has 20 heavy (non-hydrogen) atoms. The molecule has 1 aromatic heterocycles. The third-order valence-corrected chi connectivity index (χ3v) is 5.21. The predicted octanol–water partition coefficient (Wildman–Crippen LogP) is 2.60. The maximum atomic E-state index is 12.5. The number of aryl methyl sites for hydroxylation is 1. The lowest BCUT2D eigenvalue weighted by Gasteiger charge is -2.08. The number of fused-ring (bicyclic) bond motifs is 1. The van der Waals surface area contributed by atoms with Crippen LogP contribution >= 0.6 is 0 Å². The Bertz CT molecular complexity index is 780. The maximum absolute atomic E-state index is 12.5. The maximum Gasteiger partial charge on any atom is 0.207 e. The van der Waals surface area contributed by atoms with Crippen molar-refractivity contribution in [1.29, 1.82) is 0 Å². The van der Waals surface area contributed by atoms with Gasteiger partial charge in [0.1, 0.15) is 12.4 Å². The van der Waals surface area contributed by atoms with Crippen molar-refractivity contribution in [3.05, 3.63) is 58.8 Å². The zero-order valence-electron chi connectivity index (χ0n) is 10.9. The highest BCUT2D eigenvalue weighted by Crippen LogP contribution is 2.35. The number of sulfone groups is 1. The van der Waals surface area contributed by atoms with Crippen LogP contribution in [0.25, 0.3) is 6.08 Å². The van der Waals surface area contributed by atoms with Crippen LogP contribution in [0.2, 0.25) is 0 Å². The summed E-state index contributed by atoms with van der Waals surface area (Å²) in [5.41, 5.74) is 1.49.